The summed E-state index contributed by atoms with van der Waals surface area (Å²) in [5.74, 6) is -0.0136. The van der Waals surface area contributed by atoms with Gasteiger partial charge in [-0.25, -0.2) is 0 Å². The Balaban J connectivity index is 2.83. The molecule has 0 bridgehead atoms. The number of aromatic hydroxyl groups is 1. The summed E-state index contributed by atoms with van der Waals surface area (Å²) in [6, 6.07) is 4.87. The number of hydrogen-bond donors (Lipinski definition) is 2. The highest BCUT2D eigenvalue weighted by Gasteiger charge is 2.15. The maximum Gasteiger partial charge on any atom is 0.254 e. The van der Waals surface area contributed by atoms with E-state index >= 15 is 0 Å². The lowest BCUT2D eigenvalue weighted by Crippen LogP contribution is -2.25. The summed E-state index contributed by atoms with van der Waals surface area (Å²) in [4.78, 5) is 12.1. The zero-order valence-corrected chi connectivity index (χ0v) is 13.8. The Morgan fingerprint density at radius 1 is 1.57 bits per heavy atom. The van der Waals surface area contributed by atoms with Crippen molar-refractivity contribution in [2.24, 2.45) is 0 Å². The van der Waals surface area contributed by atoms with Gasteiger partial charge in [0.2, 0.25) is 0 Å². The molecule has 0 aromatic heterocycles. The number of phenols is 1. The molecule has 0 saturated carbocycles. The molecule has 0 aliphatic heterocycles. The maximum atomic E-state index is 12.1. The topological polar surface area (TPSA) is 58.6 Å². The molecule has 21 heavy (non-hydrogen) atoms. The van der Waals surface area contributed by atoms with Crippen molar-refractivity contribution in [1.29, 1.82) is 0 Å². The predicted molar refractivity (Wildman–Crippen MR) is 87.6 cm³/mol. The average molecular weight is 373 g/mol. The molecular weight excluding hydrogens is 358 g/mol. The molecule has 0 spiro atoms. The molecule has 112 valence electrons. The van der Waals surface area contributed by atoms with Crippen LogP contribution in [0.5, 0.6) is 11.5 Å². The summed E-state index contributed by atoms with van der Waals surface area (Å²) < 4.78 is 5.41. The fourth-order valence-electron chi connectivity index (χ4n) is 1.58. The van der Waals surface area contributed by atoms with E-state index in [9.17, 15) is 9.90 Å². The van der Waals surface area contributed by atoms with Gasteiger partial charge in [0, 0.05) is 16.1 Å². The summed E-state index contributed by atoms with van der Waals surface area (Å²) in [6.07, 6.45) is 1.46. The van der Waals surface area contributed by atoms with E-state index in [4.69, 9.17) is 16.3 Å². The van der Waals surface area contributed by atoms with E-state index in [1.165, 1.54) is 19.3 Å². The van der Waals surface area contributed by atoms with Gasteiger partial charge in [-0.2, -0.15) is 0 Å². The third-order valence-electron chi connectivity index (χ3n) is 2.61. The Hall–Kier alpha value is -1.72. The smallest absolute Gasteiger partial charge is 0.254 e. The Morgan fingerprint density at radius 2 is 2.24 bits per heavy atom. The van der Waals surface area contributed by atoms with Crippen LogP contribution >= 0.6 is 27.5 Å². The average Bonchev–Trinajstić information content (AvgIpc) is 2.44. The molecule has 4 nitrogen and oxygen atoms in total. The first-order chi connectivity index (χ1) is 9.90. The third kappa shape index (κ3) is 4.65. The van der Waals surface area contributed by atoms with Gasteiger partial charge >= 0.3 is 0 Å². The number of hydrogen-bond acceptors (Lipinski definition) is 3. The quantitative estimate of drug-likeness (QED) is 0.592. The highest BCUT2D eigenvalue weighted by Crippen LogP contribution is 2.26. The van der Waals surface area contributed by atoms with Gasteiger partial charge < -0.3 is 15.2 Å². The number of methoxy groups -OCH3 is 1. The Labute approximate surface area is 136 Å². The van der Waals surface area contributed by atoms with Crippen molar-refractivity contribution < 1.29 is 14.6 Å². The number of rotatable bonds is 6. The normalized spacial score (nSPS) is 11.4. The molecule has 0 radical (unpaired) electrons. The van der Waals surface area contributed by atoms with Crippen LogP contribution in [0.1, 0.15) is 5.56 Å². The van der Waals surface area contributed by atoms with Crippen molar-refractivity contribution in [3.05, 3.63) is 58.1 Å². The second-order valence-electron chi connectivity index (χ2n) is 4.02. The van der Waals surface area contributed by atoms with Crippen LogP contribution in [-0.4, -0.2) is 18.1 Å². The van der Waals surface area contributed by atoms with E-state index in [0.29, 0.717) is 10.2 Å². The maximum absolute atomic E-state index is 12.1. The van der Waals surface area contributed by atoms with Crippen molar-refractivity contribution >= 4 is 33.4 Å². The molecule has 1 aromatic rings. The van der Waals surface area contributed by atoms with Gasteiger partial charge in [0.15, 0.2) is 11.5 Å². The molecule has 1 amide bonds. The summed E-state index contributed by atoms with van der Waals surface area (Å²) in [7, 11) is 1.46. The lowest BCUT2D eigenvalue weighted by Gasteiger charge is -2.10. The van der Waals surface area contributed by atoms with Crippen LogP contribution in [0.15, 0.2) is 52.5 Å². The van der Waals surface area contributed by atoms with Gasteiger partial charge in [-0.05, 0) is 33.6 Å². The van der Waals surface area contributed by atoms with Gasteiger partial charge in [0.05, 0.1) is 12.7 Å². The minimum absolute atomic E-state index is 0.00837. The highest BCUT2D eigenvalue weighted by atomic mass is 79.9. The molecule has 1 aromatic carbocycles. The Morgan fingerprint density at radius 3 is 2.71 bits per heavy atom. The minimum atomic E-state index is -0.392. The second kappa shape index (κ2) is 7.90. The lowest BCUT2D eigenvalue weighted by molar-refractivity contribution is -0.117. The number of phenolic OH excluding ortho intramolecular Hbond substituents is 1. The van der Waals surface area contributed by atoms with Crippen LogP contribution in [0.4, 0.5) is 0 Å². The van der Waals surface area contributed by atoms with E-state index < -0.39 is 5.91 Å². The number of allylic oxidation sites excluding steroid dienone is 2. The summed E-state index contributed by atoms with van der Waals surface area (Å²) in [5, 5.41) is 12.5. The zero-order chi connectivity index (χ0) is 16.0. The number of benzene rings is 1. The first kappa shape index (κ1) is 17.3. The summed E-state index contributed by atoms with van der Waals surface area (Å²) in [5.41, 5.74) is 0.931. The van der Waals surface area contributed by atoms with E-state index in [1.807, 2.05) is 0 Å². The van der Waals surface area contributed by atoms with Gasteiger partial charge in [-0.1, -0.05) is 36.9 Å². The number of ether oxygens (including phenoxy) is 1. The van der Waals surface area contributed by atoms with Gasteiger partial charge in [0.1, 0.15) is 0 Å². The monoisotopic (exact) mass is 371 g/mol. The van der Waals surface area contributed by atoms with Crippen molar-refractivity contribution in [3.8, 4) is 11.5 Å². The van der Waals surface area contributed by atoms with Gasteiger partial charge in [-0.15, -0.1) is 0 Å². The molecule has 0 atom stereocenters. The van der Waals surface area contributed by atoms with Crippen LogP contribution in [0.3, 0.4) is 0 Å². The van der Waals surface area contributed by atoms with Crippen LogP contribution in [-0.2, 0) is 11.3 Å². The zero-order valence-electron chi connectivity index (χ0n) is 11.5. The minimum Gasteiger partial charge on any atom is -0.504 e. The molecular formula is C15H15BrClNO3. The SMILES string of the molecule is C=C/C(Br)=C(\C(=C)Cl)C(=O)NCc1ccc(OC)c(O)c1. The van der Waals surface area contributed by atoms with E-state index in [2.05, 4.69) is 34.4 Å². The highest BCUT2D eigenvalue weighted by molar-refractivity contribution is 9.12. The first-order valence-electron chi connectivity index (χ1n) is 5.91. The van der Waals surface area contributed by atoms with Crippen molar-refractivity contribution in [3.63, 3.8) is 0 Å². The molecule has 6 heteroatoms. The third-order valence-corrected chi connectivity index (χ3v) is 3.52. The van der Waals surface area contributed by atoms with Crippen molar-refractivity contribution in [2.45, 2.75) is 6.54 Å². The number of nitrogens with one attached hydrogen (secondary N) is 1. The molecule has 0 fully saturated rings. The largest absolute Gasteiger partial charge is 0.504 e. The molecule has 0 saturated heterocycles. The number of amides is 1. The van der Waals surface area contributed by atoms with E-state index in [1.54, 1.807) is 12.1 Å². The number of halogens is 2. The van der Waals surface area contributed by atoms with Crippen molar-refractivity contribution in [2.75, 3.05) is 7.11 Å². The van der Waals surface area contributed by atoms with E-state index in [0.717, 1.165) is 5.56 Å². The fraction of sp³-hybridized carbons (Fsp3) is 0.133. The predicted octanol–water partition coefficient (Wildman–Crippen LogP) is 3.60. The first-order valence-corrected chi connectivity index (χ1v) is 7.08. The van der Waals surface area contributed by atoms with Crippen LogP contribution in [0, 0.1) is 0 Å². The van der Waals surface area contributed by atoms with Crippen LogP contribution in [0.25, 0.3) is 0 Å². The van der Waals surface area contributed by atoms with Crippen molar-refractivity contribution in [1.82, 2.24) is 5.32 Å². The van der Waals surface area contributed by atoms with E-state index in [-0.39, 0.29) is 22.9 Å². The fourth-order valence-corrected chi connectivity index (χ4v) is 2.30. The molecule has 0 unspecified atom stereocenters. The molecule has 0 aliphatic carbocycles. The molecule has 1 rings (SSSR count). The Bertz CT molecular complexity index is 611. The van der Waals surface area contributed by atoms with Gasteiger partial charge in [-0.3, -0.25) is 4.79 Å². The second-order valence-corrected chi connectivity index (χ2v) is 5.33. The number of carbonyl (C=O) groups excluding carboxylic acids is 1. The molecule has 2 N–H and O–H groups in total. The number of carbonyl (C=O) groups is 1. The lowest BCUT2D eigenvalue weighted by atomic mass is 10.1. The summed E-state index contributed by atoms with van der Waals surface area (Å²) >= 11 is 9.01. The molecule has 0 heterocycles. The van der Waals surface area contributed by atoms with Crippen LogP contribution < -0.4 is 10.1 Å². The summed E-state index contributed by atoms with van der Waals surface area (Å²) in [6.45, 7) is 7.34. The van der Waals surface area contributed by atoms with Crippen LogP contribution in [0.2, 0.25) is 0 Å². The molecule has 0 aliphatic rings. The standard InChI is InChI=1S/C15H15BrClNO3/c1-4-11(16)14(9(2)17)15(20)18-8-10-5-6-13(21-3)12(19)7-10/h4-7,19H,1-2,8H2,3H3,(H,18,20)/b14-11-. The Kier molecular flexibility index (Phi) is 6.52. The van der Waals surface area contributed by atoms with Gasteiger partial charge in [0.25, 0.3) is 5.91 Å².